The first-order chi connectivity index (χ1) is 5.43. The zero-order valence-corrected chi connectivity index (χ0v) is 8.39. The molecule has 0 amide bonds. The summed E-state index contributed by atoms with van der Waals surface area (Å²) in [5.41, 5.74) is 0. The van der Waals surface area contributed by atoms with E-state index >= 15 is 0 Å². The summed E-state index contributed by atoms with van der Waals surface area (Å²) in [5, 5.41) is 0. The van der Waals surface area contributed by atoms with E-state index in [0.717, 1.165) is 0 Å². The van der Waals surface area contributed by atoms with Crippen molar-refractivity contribution < 1.29 is 9.59 Å². The van der Waals surface area contributed by atoms with E-state index in [2.05, 4.69) is 13.8 Å². The van der Waals surface area contributed by atoms with Crippen molar-refractivity contribution in [3.8, 4) is 0 Å². The van der Waals surface area contributed by atoms with Crippen LogP contribution in [-0.2, 0) is 9.59 Å². The summed E-state index contributed by atoms with van der Waals surface area (Å²) in [4.78, 5) is 21.7. The number of carbonyl (C=O) groups is 2. The molecule has 0 rings (SSSR count). The molecule has 0 aromatic heterocycles. The molecule has 0 aromatic rings. The molecule has 0 aliphatic carbocycles. The van der Waals surface area contributed by atoms with E-state index < -0.39 is 0 Å². The maximum atomic E-state index is 11.1. The molecule has 0 heterocycles. The van der Waals surface area contributed by atoms with E-state index in [-0.39, 0.29) is 18.0 Å². The molecule has 0 saturated carbocycles. The van der Waals surface area contributed by atoms with Crippen LogP contribution in [0.1, 0.15) is 40.5 Å². The summed E-state index contributed by atoms with van der Waals surface area (Å²) in [6.45, 7) is 7.68. The Morgan fingerprint density at radius 1 is 1.17 bits per heavy atom. The van der Waals surface area contributed by atoms with E-state index in [1.54, 1.807) is 0 Å². The third-order valence-corrected chi connectivity index (χ3v) is 2.13. The van der Waals surface area contributed by atoms with E-state index in [0.29, 0.717) is 18.3 Å². The highest BCUT2D eigenvalue weighted by atomic mass is 16.1. The maximum Gasteiger partial charge on any atom is 0.140 e. The van der Waals surface area contributed by atoms with Crippen molar-refractivity contribution >= 4 is 11.6 Å². The van der Waals surface area contributed by atoms with Crippen molar-refractivity contribution in [1.29, 1.82) is 0 Å². The molecule has 70 valence electrons. The zero-order valence-electron chi connectivity index (χ0n) is 8.39. The van der Waals surface area contributed by atoms with Crippen molar-refractivity contribution in [1.82, 2.24) is 0 Å². The largest absolute Gasteiger partial charge is 0.300 e. The lowest BCUT2D eigenvalue weighted by Gasteiger charge is -2.13. The zero-order chi connectivity index (χ0) is 9.72. The molecule has 2 nitrogen and oxygen atoms in total. The maximum absolute atomic E-state index is 11.1. The minimum absolute atomic E-state index is 0.0315. The molecule has 2 heteroatoms. The van der Waals surface area contributed by atoms with Crippen LogP contribution in [-0.4, -0.2) is 11.6 Å². The molecule has 0 N–H and O–H groups in total. The molecule has 0 aliphatic heterocycles. The van der Waals surface area contributed by atoms with Gasteiger partial charge in [-0.2, -0.15) is 0 Å². The first-order valence-corrected chi connectivity index (χ1v) is 4.44. The smallest absolute Gasteiger partial charge is 0.140 e. The average molecular weight is 170 g/mol. The molecular formula is C10H18O2. The number of hydrogen-bond acceptors (Lipinski definition) is 2. The van der Waals surface area contributed by atoms with Gasteiger partial charge in [0.15, 0.2) is 0 Å². The van der Waals surface area contributed by atoms with Crippen LogP contribution in [0.4, 0.5) is 0 Å². The van der Waals surface area contributed by atoms with Gasteiger partial charge in [0.05, 0.1) is 6.42 Å². The molecule has 0 bridgehead atoms. The van der Waals surface area contributed by atoms with Crippen molar-refractivity contribution in [2.24, 2.45) is 11.8 Å². The molecule has 0 saturated heterocycles. The third kappa shape index (κ3) is 5.05. The van der Waals surface area contributed by atoms with Gasteiger partial charge < -0.3 is 0 Å². The summed E-state index contributed by atoms with van der Waals surface area (Å²) in [5.74, 6) is 0.942. The van der Waals surface area contributed by atoms with Crippen LogP contribution in [0.2, 0.25) is 0 Å². The SMILES string of the molecule is CC(=O)CC(=O)C[C@H](C)C(C)C. The fourth-order valence-corrected chi connectivity index (χ4v) is 0.945. The van der Waals surface area contributed by atoms with E-state index in [1.165, 1.54) is 6.92 Å². The number of hydrogen-bond donors (Lipinski definition) is 0. The highest BCUT2D eigenvalue weighted by Crippen LogP contribution is 2.14. The summed E-state index contributed by atoms with van der Waals surface area (Å²) in [6, 6.07) is 0. The normalized spacial score (nSPS) is 13.1. The van der Waals surface area contributed by atoms with Crippen LogP contribution in [0.15, 0.2) is 0 Å². The molecule has 0 radical (unpaired) electrons. The van der Waals surface area contributed by atoms with Crippen LogP contribution >= 0.6 is 0 Å². The van der Waals surface area contributed by atoms with E-state index in [9.17, 15) is 9.59 Å². The first-order valence-electron chi connectivity index (χ1n) is 4.44. The van der Waals surface area contributed by atoms with Gasteiger partial charge in [-0.15, -0.1) is 0 Å². The van der Waals surface area contributed by atoms with Gasteiger partial charge in [-0.05, 0) is 18.8 Å². The second-order valence-corrected chi connectivity index (χ2v) is 3.84. The second kappa shape index (κ2) is 5.07. The van der Waals surface area contributed by atoms with Crippen LogP contribution < -0.4 is 0 Å². The van der Waals surface area contributed by atoms with Gasteiger partial charge in [0.2, 0.25) is 0 Å². The van der Waals surface area contributed by atoms with Gasteiger partial charge in [0, 0.05) is 6.42 Å². The number of ketones is 2. The van der Waals surface area contributed by atoms with Gasteiger partial charge in [-0.25, -0.2) is 0 Å². The van der Waals surface area contributed by atoms with E-state index in [1.807, 2.05) is 6.92 Å². The highest BCUT2D eigenvalue weighted by molar-refractivity contribution is 5.97. The summed E-state index contributed by atoms with van der Waals surface area (Å²) in [7, 11) is 0. The van der Waals surface area contributed by atoms with Crippen molar-refractivity contribution in [3.05, 3.63) is 0 Å². The lowest BCUT2D eigenvalue weighted by atomic mass is 9.92. The number of carbonyl (C=O) groups excluding carboxylic acids is 2. The van der Waals surface area contributed by atoms with Crippen molar-refractivity contribution in [2.75, 3.05) is 0 Å². The minimum atomic E-state index is -0.0315. The molecule has 0 spiro atoms. The monoisotopic (exact) mass is 170 g/mol. The van der Waals surface area contributed by atoms with Gasteiger partial charge >= 0.3 is 0 Å². The third-order valence-electron chi connectivity index (χ3n) is 2.13. The number of Topliss-reactive ketones (excluding diaryl/α,β-unsaturated/α-hetero) is 2. The fourth-order valence-electron chi connectivity index (χ4n) is 0.945. The molecule has 0 unspecified atom stereocenters. The standard InChI is InChI=1S/C10H18O2/c1-7(2)8(3)5-10(12)6-9(4)11/h7-8H,5-6H2,1-4H3/t8-/m0/s1. The summed E-state index contributed by atoms with van der Waals surface area (Å²) in [6.07, 6.45) is 0.647. The Labute approximate surface area is 74.3 Å². The molecule has 0 aromatic carbocycles. The summed E-state index contributed by atoms with van der Waals surface area (Å²) >= 11 is 0. The van der Waals surface area contributed by atoms with Gasteiger partial charge in [-0.1, -0.05) is 20.8 Å². The molecule has 0 fully saturated rings. The Kier molecular flexibility index (Phi) is 4.79. The van der Waals surface area contributed by atoms with Crippen molar-refractivity contribution in [3.63, 3.8) is 0 Å². The van der Waals surface area contributed by atoms with Crippen LogP contribution in [0, 0.1) is 11.8 Å². The Morgan fingerprint density at radius 3 is 2.00 bits per heavy atom. The van der Waals surface area contributed by atoms with Gasteiger partial charge in [0.1, 0.15) is 11.6 Å². The fraction of sp³-hybridized carbons (Fsp3) is 0.800. The van der Waals surface area contributed by atoms with Crippen LogP contribution in [0.25, 0.3) is 0 Å². The van der Waals surface area contributed by atoms with Gasteiger partial charge in [0.25, 0.3) is 0 Å². The Morgan fingerprint density at radius 2 is 1.67 bits per heavy atom. The Hall–Kier alpha value is -0.660. The molecule has 12 heavy (non-hydrogen) atoms. The quantitative estimate of drug-likeness (QED) is 0.593. The topological polar surface area (TPSA) is 34.1 Å². The van der Waals surface area contributed by atoms with Crippen LogP contribution in [0.5, 0.6) is 0 Å². The lowest BCUT2D eigenvalue weighted by Crippen LogP contribution is -2.12. The van der Waals surface area contributed by atoms with E-state index in [4.69, 9.17) is 0 Å². The second-order valence-electron chi connectivity index (χ2n) is 3.84. The van der Waals surface area contributed by atoms with Crippen LogP contribution in [0.3, 0.4) is 0 Å². The van der Waals surface area contributed by atoms with Gasteiger partial charge in [-0.3, -0.25) is 9.59 Å². The Bertz CT molecular complexity index is 171. The molecule has 0 aliphatic rings. The molecule has 1 atom stereocenters. The molecular weight excluding hydrogens is 152 g/mol. The average Bonchev–Trinajstić information content (AvgIpc) is 1.84. The number of rotatable bonds is 5. The Balaban J connectivity index is 3.77. The lowest BCUT2D eigenvalue weighted by molar-refractivity contribution is -0.126. The predicted molar refractivity (Wildman–Crippen MR) is 48.9 cm³/mol. The summed E-state index contributed by atoms with van der Waals surface area (Å²) < 4.78 is 0. The highest BCUT2D eigenvalue weighted by Gasteiger charge is 2.13. The predicted octanol–water partition coefficient (Wildman–Crippen LogP) is 2.22. The van der Waals surface area contributed by atoms with Crippen molar-refractivity contribution in [2.45, 2.75) is 40.5 Å². The first kappa shape index (κ1) is 11.3. The minimum Gasteiger partial charge on any atom is -0.300 e.